The van der Waals surface area contributed by atoms with Crippen molar-refractivity contribution in [1.82, 2.24) is 9.97 Å². The summed E-state index contributed by atoms with van der Waals surface area (Å²) in [7, 11) is 0. The van der Waals surface area contributed by atoms with E-state index in [1.165, 1.54) is 6.07 Å². The summed E-state index contributed by atoms with van der Waals surface area (Å²) in [4.78, 5) is 35.7. The summed E-state index contributed by atoms with van der Waals surface area (Å²) >= 11 is 0. The minimum atomic E-state index is -4.65. The summed E-state index contributed by atoms with van der Waals surface area (Å²) in [5.74, 6) is -0.296. The number of nitrogens with one attached hydrogen (secondary N) is 1. The van der Waals surface area contributed by atoms with Gasteiger partial charge < -0.3 is 10.1 Å². The Morgan fingerprint density at radius 1 is 1.21 bits per heavy atom. The highest BCUT2D eigenvalue weighted by atomic mass is 19.4. The smallest absolute Gasteiger partial charge is 0.381 e. The van der Waals surface area contributed by atoms with E-state index in [0.717, 1.165) is 34.5 Å². The van der Waals surface area contributed by atoms with Gasteiger partial charge in [-0.25, -0.2) is 4.98 Å². The number of alkyl halides is 3. The molecule has 0 spiro atoms. The standard InChI is InChI=1S/C28H27F3N4O3/c1-4-35-24-21(27(3)8-10-38-15-22(27)26(35)37)11-18(14-33-24)20-13-19(6-5-16(20)2)34-25(36)17-7-9-32-23(12-17)28(29,30)31/h5-7,9,11-14,22H,4,8,10,15H2,1-3H3,(H,34,36)/t22-,27-/m1/s1. The molecule has 2 aliphatic rings. The Morgan fingerprint density at radius 3 is 2.74 bits per heavy atom. The lowest BCUT2D eigenvalue weighted by Gasteiger charge is -2.47. The molecular weight excluding hydrogens is 497 g/mol. The monoisotopic (exact) mass is 524 g/mol. The zero-order chi connectivity index (χ0) is 27.2. The SMILES string of the molecule is CCN1C(=O)[C@H]2COCC[C@]2(C)c2cc(-c3cc(NC(=O)c4ccnc(C(F)(F)F)c4)ccc3C)cnc21. The molecule has 1 N–H and O–H groups in total. The molecule has 38 heavy (non-hydrogen) atoms. The molecule has 198 valence electrons. The minimum Gasteiger partial charge on any atom is -0.381 e. The van der Waals surface area contributed by atoms with Gasteiger partial charge in [-0.05, 0) is 61.7 Å². The van der Waals surface area contributed by atoms with E-state index in [1.54, 1.807) is 23.2 Å². The summed E-state index contributed by atoms with van der Waals surface area (Å²) in [6.45, 7) is 7.35. The van der Waals surface area contributed by atoms with Crippen LogP contribution < -0.4 is 10.2 Å². The summed E-state index contributed by atoms with van der Waals surface area (Å²) in [6, 6.07) is 9.32. The number of aromatic nitrogens is 2. The van der Waals surface area contributed by atoms with Gasteiger partial charge in [0.25, 0.3) is 5.91 Å². The van der Waals surface area contributed by atoms with Crippen LogP contribution in [0, 0.1) is 12.8 Å². The number of nitrogens with zero attached hydrogens (tertiary/aromatic N) is 3. The number of halogens is 3. The molecule has 7 nitrogen and oxygen atoms in total. The molecule has 0 radical (unpaired) electrons. The number of hydrogen-bond acceptors (Lipinski definition) is 5. The largest absolute Gasteiger partial charge is 0.433 e. The first kappa shape index (κ1) is 25.8. The van der Waals surface area contributed by atoms with E-state index in [-0.39, 0.29) is 17.4 Å². The molecule has 1 saturated heterocycles. The first-order valence-electron chi connectivity index (χ1n) is 12.4. The summed E-state index contributed by atoms with van der Waals surface area (Å²) in [5.41, 5.74) is 2.28. The van der Waals surface area contributed by atoms with E-state index in [0.29, 0.717) is 37.7 Å². The van der Waals surface area contributed by atoms with Gasteiger partial charge in [-0.3, -0.25) is 19.5 Å². The van der Waals surface area contributed by atoms with Gasteiger partial charge in [-0.15, -0.1) is 0 Å². The van der Waals surface area contributed by atoms with Crippen LogP contribution in [-0.2, 0) is 21.1 Å². The Kier molecular flexibility index (Phi) is 6.46. The second-order valence-corrected chi connectivity index (χ2v) is 9.88. The van der Waals surface area contributed by atoms with Crippen molar-refractivity contribution in [2.45, 2.75) is 38.8 Å². The number of anilines is 2. The Bertz CT molecular complexity index is 1420. The van der Waals surface area contributed by atoms with E-state index in [9.17, 15) is 22.8 Å². The molecule has 10 heteroatoms. The molecular formula is C28H27F3N4O3. The van der Waals surface area contributed by atoms with E-state index in [1.807, 2.05) is 19.9 Å². The zero-order valence-electron chi connectivity index (χ0n) is 21.2. The maximum atomic E-state index is 13.2. The number of hydrogen-bond donors (Lipinski definition) is 1. The Balaban J connectivity index is 1.50. The number of carbonyl (C=O) groups excluding carboxylic acids is 2. The molecule has 2 aromatic heterocycles. The molecule has 0 bridgehead atoms. The van der Waals surface area contributed by atoms with Crippen molar-refractivity contribution in [1.29, 1.82) is 0 Å². The van der Waals surface area contributed by atoms with Gasteiger partial charge >= 0.3 is 6.18 Å². The summed E-state index contributed by atoms with van der Waals surface area (Å²) < 4.78 is 44.8. The third-order valence-electron chi connectivity index (χ3n) is 7.56. The average Bonchev–Trinajstić information content (AvgIpc) is 2.89. The number of pyridine rings is 2. The van der Waals surface area contributed by atoms with Crippen molar-refractivity contribution in [3.05, 3.63) is 71.2 Å². The predicted molar refractivity (Wildman–Crippen MR) is 136 cm³/mol. The molecule has 4 heterocycles. The summed E-state index contributed by atoms with van der Waals surface area (Å²) in [5, 5.41) is 2.69. The van der Waals surface area contributed by atoms with E-state index in [4.69, 9.17) is 9.72 Å². The quantitative estimate of drug-likeness (QED) is 0.495. The van der Waals surface area contributed by atoms with Crippen molar-refractivity contribution in [2.24, 2.45) is 5.92 Å². The fourth-order valence-electron chi connectivity index (χ4n) is 5.29. The topological polar surface area (TPSA) is 84.4 Å². The Labute approximate surface area is 218 Å². The van der Waals surface area contributed by atoms with Crippen LogP contribution in [0.15, 0.2) is 48.8 Å². The van der Waals surface area contributed by atoms with Gasteiger partial charge in [0.1, 0.15) is 11.5 Å². The molecule has 0 aliphatic carbocycles. The second kappa shape index (κ2) is 9.50. The first-order chi connectivity index (χ1) is 18.0. The molecule has 2 aliphatic heterocycles. The highest BCUT2D eigenvalue weighted by Gasteiger charge is 2.50. The van der Waals surface area contributed by atoms with Gasteiger partial charge in [-0.2, -0.15) is 13.2 Å². The van der Waals surface area contributed by atoms with E-state index >= 15 is 0 Å². The third kappa shape index (κ3) is 4.42. The van der Waals surface area contributed by atoms with Crippen molar-refractivity contribution in [3.63, 3.8) is 0 Å². The van der Waals surface area contributed by atoms with Crippen LogP contribution in [0.2, 0.25) is 0 Å². The van der Waals surface area contributed by atoms with Gasteiger partial charge in [0, 0.05) is 53.3 Å². The predicted octanol–water partition coefficient (Wildman–Crippen LogP) is 5.38. The molecule has 0 saturated carbocycles. The molecule has 3 aromatic rings. The van der Waals surface area contributed by atoms with Crippen LogP contribution >= 0.6 is 0 Å². The molecule has 2 atom stereocenters. The highest BCUT2D eigenvalue weighted by Crippen LogP contribution is 2.48. The highest BCUT2D eigenvalue weighted by molar-refractivity contribution is 6.04. The van der Waals surface area contributed by atoms with Gasteiger partial charge in [0.15, 0.2) is 0 Å². The van der Waals surface area contributed by atoms with E-state index < -0.39 is 23.2 Å². The molecule has 1 fully saturated rings. The molecule has 2 amide bonds. The van der Waals surface area contributed by atoms with Crippen LogP contribution in [0.3, 0.4) is 0 Å². The van der Waals surface area contributed by atoms with Crippen LogP contribution in [-0.4, -0.2) is 41.5 Å². The second-order valence-electron chi connectivity index (χ2n) is 9.88. The number of rotatable bonds is 4. The minimum absolute atomic E-state index is 0.0214. The Hall–Kier alpha value is -3.79. The average molecular weight is 525 g/mol. The van der Waals surface area contributed by atoms with Gasteiger partial charge in [0.05, 0.1) is 12.5 Å². The number of benzene rings is 1. The maximum Gasteiger partial charge on any atom is 0.433 e. The summed E-state index contributed by atoms with van der Waals surface area (Å²) in [6.07, 6.45) is -1.28. The number of amides is 2. The normalized spacial score (nSPS) is 21.1. The van der Waals surface area contributed by atoms with Crippen molar-refractivity contribution >= 4 is 23.3 Å². The van der Waals surface area contributed by atoms with Crippen molar-refractivity contribution < 1.29 is 27.5 Å². The number of ether oxygens (including phenoxy) is 1. The van der Waals surface area contributed by atoms with Crippen molar-refractivity contribution in [3.8, 4) is 11.1 Å². The maximum absolute atomic E-state index is 13.2. The molecule has 5 rings (SSSR count). The van der Waals surface area contributed by atoms with Crippen LogP contribution in [0.25, 0.3) is 11.1 Å². The number of fused-ring (bicyclic) bond motifs is 3. The van der Waals surface area contributed by atoms with Gasteiger partial charge in [-0.1, -0.05) is 13.0 Å². The first-order valence-corrected chi connectivity index (χ1v) is 12.4. The van der Waals surface area contributed by atoms with Crippen LogP contribution in [0.4, 0.5) is 24.7 Å². The fourth-order valence-corrected chi connectivity index (χ4v) is 5.29. The van der Waals surface area contributed by atoms with Crippen LogP contribution in [0.1, 0.15) is 47.4 Å². The van der Waals surface area contributed by atoms with Gasteiger partial charge in [0.2, 0.25) is 5.91 Å². The lowest BCUT2D eigenvalue weighted by atomic mass is 9.66. The lowest BCUT2D eigenvalue weighted by Crippen LogP contribution is -2.55. The zero-order valence-corrected chi connectivity index (χ0v) is 21.2. The Morgan fingerprint density at radius 2 is 2.00 bits per heavy atom. The molecule has 0 unspecified atom stereocenters. The third-order valence-corrected chi connectivity index (χ3v) is 7.56. The van der Waals surface area contributed by atoms with Crippen molar-refractivity contribution in [2.75, 3.05) is 30.0 Å². The molecule has 1 aromatic carbocycles. The van der Waals surface area contributed by atoms with E-state index in [2.05, 4.69) is 23.3 Å². The lowest BCUT2D eigenvalue weighted by molar-refractivity contribution is -0.141. The number of aryl methyl sites for hydroxylation is 1. The fraction of sp³-hybridized carbons (Fsp3) is 0.357. The number of carbonyl (C=O) groups is 2. The van der Waals surface area contributed by atoms with Crippen LogP contribution in [0.5, 0.6) is 0 Å².